The highest BCUT2D eigenvalue weighted by atomic mass is 35.5. The van der Waals surface area contributed by atoms with Gasteiger partial charge in [-0.1, -0.05) is 22.8 Å². The molecule has 6 nitrogen and oxygen atoms in total. The minimum Gasteiger partial charge on any atom is -0.497 e. The van der Waals surface area contributed by atoms with Crippen molar-refractivity contribution in [2.45, 2.75) is 20.0 Å². The summed E-state index contributed by atoms with van der Waals surface area (Å²) >= 11 is 5.98. The Bertz CT molecular complexity index is 1100. The van der Waals surface area contributed by atoms with E-state index in [1.54, 1.807) is 19.2 Å². The molecule has 0 fully saturated rings. The van der Waals surface area contributed by atoms with Crippen molar-refractivity contribution in [1.82, 2.24) is 10.1 Å². The summed E-state index contributed by atoms with van der Waals surface area (Å²) in [6.45, 7) is 3.77. The summed E-state index contributed by atoms with van der Waals surface area (Å²) in [5.74, 6) is 2.67. The van der Waals surface area contributed by atoms with E-state index in [9.17, 15) is 0 Å². The zero-order valence-electron chi connectivity index (χ0n) is 15.0. The number of fused-ring (bicyclic) bond motifs is 1. The third-order valence-electron chi connectivity index (χ3n) is 4.24. The minimum atomic E-state index is -0.436. The number of benzene rings is 2. The lowest BCUT2D eigenvalue weighted by Crippen LogP contribution is -2.03. The molecular formula is C20H17ClN2O4. The van der Waals surface area contributed by atoms with Gasteiger partial charge in [-0.2, -0.15) is 4.98 Å². The van der Waals surface area contributed by atoms with Crippen molar-refractivity contribution < 1.29 is 18.4 Å². The van der Waals surface area contributed by atoms with Gasteiger partial charge in [0, 0.05) is 16.0 Å². The lowest BCUT2D eigenvalue weighted by Gasteiger charge is -2.10. The quantitative estimate of drug-likeness (QED) is 0.446. The number of hydrogen-bond donors (Lipinski definition) is 0. The number of halogens is 1. The molecule has 4 aromatic rings. The van der Waals surface area contributed by atoms with Gasteiger partial charge in [0.1, 0.15) is 17.1 Å². The Kier molecular flexibility index (Phi) is 4.49. The molecule has 0 spiro atoms. The summed E-state index contributed by atoms with van der Waals surface area (Å²) in [6, 6.07) is 12.8. The standard InChI is InChI=1S/C20H17ClN2O4/c1-11-16-10-14(24-3)7-8-17(16)26-18(11)19-22-20(27-23-19)12(2)25-15-6-4-5-13(21)9-15/h4-10,12H,1-3H3/t12-/m1/s1. The summed E-state index contributed by atoms with van der Waals surface area (Å²) < 4.78 is 22.4. The third kappa shape index (κ3) is 3.36. The van der Waals surface area contributed by atoms with Gasteiger partial charge in [0.2, 0.25) is 5.82 Å². The first kappa shape index (κ1) is 17.4. The molecule has 2 aromatic heterocycles. The maximum absolute atomic E-state index is 5.98. The summed E-state index contributed by atoms with van der Waals surface area (Å²) in [7, 11) is 1.63. The van der Waals surface area contributed by atoms with Crippen molar-refractivity contribution in [2.75, 3.05) is 7.11 Å². The number of furan rings is 1. The van der Waals surface area contributed by atoms with Crippen LogP contribution in [0, 0.1) is 6.92 Å². The number of aryl methyl sites for hydroxylation is 1. The van der Waals surface area contributed by atoms with Crippen LogP contribution in [0.15, 0.2) is 51.4 Å². The molecule has 7 heteroatoms. The van der Waals surface area contributed by atoms with Crippen LogP contribution in [0.1, 0.15) is 24.5 Å². The van der Waals surface area contributed by atoms with Gasteiger partial charge in [-0.3, -0.25) is 0 Å². The highest BCUT2D eigenvalue weighted by molar-refractivity contribution is 6.30. The smallest absolute Gasteiger partial charge is 0.267 e. The van der Waals surface area contributed by atoms with Crippen molar-refractivity contribution in [1.29, 1.82) is 0 Å². The first-order valence-electron chi connectivity index (χ1n) is 8.38. The number of rotatable bonds is 5. The normalized spacial score (nSPS) is 12.3. The van der Waals surface area contributed by atoms with Crippen LogP contribution in [0.4, 0.5) is 0 Å². The third-order valence-corrected chi connectivity index (χ3v) is 4.48. The summed E-state index contributed by atoms with van der Waals surface area (Å²) in [6.07, 6.45) is -0.436. The van der Waals surface area contributed by atoms with Crippen molar-refractivity contribution in [3.05, 3.63) is 58.9 Å². The van der Waals surface area contributed by atoms with Gasteiger partial charge in [0.05, 0.1) is 7.11 Å². The van der Waals surface area contributed by atoms with Crippen molar-refractivity contribution >= 4 is 22.6 Å². The number of nitrogens with zero attached hydrogens (tertiary/aromatic N) is 2. The molecule has 1 atom stereocenters. The van der Waals surface area contributed by atoms with Crippen LogP contribution in [-0.4, -0.2) is 17.3 Å². The lowest BCUT2D eigenvalue weighted by molar-refractivity contribution is 0.176. The van der Waals surface area contributed by atoms with Crippen LogP contribution in [-0.2, 0) is 0 Å². The van der Waals surface area contributed by atoms with Gasteiger partial charge in [-0.25, -0.2) is 0 Å². The predicted octanol–water partition coefficient (Wildman–Crippen LogP) is 5.59. The van der Waals surface area contributed by atoms with E-state index >= 15 is 0 Å². The number of ether oxygens (including phenoxy) is 2. The highest BCUT2D eigenvalue weighted by Gasteiger charge is 2.21. The van der Waals surface area contributed by atoms with Crippen molar-refractivity contribution in [3.8, 4) is 23.1 Å². The van der Waals surface area contributed by atoms with Crippen LogP contribution >= 0.6 is 11.6 Å². The second-order valence-corrected chi connectivity index (χ2v) is 6.53. The van der Waals surface area contributed by atoms with Crippen molar-refractivity contribution in [3.63, 3.8) is 0 Å². The molecule has 27 heavy (non-hydrogen) atoms. The van der Waals surface area contributed by atoms with E-state index in [1.165, 1.54) is 0 Å². The van der Waals surface area contributed by atoms with Gasteiger partial charge < -0.3 is 18.4 Å². The molecule has 138 valence electrons. The lowest BCUT2D eigenvalue weighted by atomic mass is 10.1. The summed E-state index contributed by atoms with van der Waals surface area (Å²) in [5, 5.41) is 5.59. The van der Waals surface area contributed by atoms with Crippen LogP contribution in [0.5, 0.6) is 11.5 Å². The second-order valence-electron chi connectivity index (χ2n) is 6.09. The van der Waals surface area contributed by atoms with E-state index in [1.807, 2.05) is 44.2 Å². The fraction of sp³-hybridized carbons (Fsp3) is 0.200. The molecular weight excluding hydrogens is 368 g/mol. The Morgan fingerprint density at radius 1 is 1.11 bits per heavy atom. The summed E-state index contributed by atoms with van der Waals surface area (Å²) in [5.41, 5.74) is 1.65. The Labute approximate surface area is 160 Å². The van der Waals surface area contributed by atoms with Crippen LogP contribution in [0.3, 0.4) is 0 Å². The van der Waals surface area contributed by atoms with Crippen LogP contribution in [0.2, 0.25) is 5.02 Å². The van der Waals surface area contributed by atoms with Crippen LogP contribution in [0.25, 0.3) is 22.6 Å². The van der Waals surface area contributed by atoms with Gasteiger partial charge in [-0.05, 0) is 50.2 Å². The molecule has 2 heterocycles. The monoisotopic (exact) mass is 384 g/mol. The first-order chi connectivity index (χ1) is 13.0. The maximum Gasteiger partial charge on any atom is 0.267 e. The molecule has 2 aromatic carbocycles. The topological polar surface area (TPSA) is 70.5 Å². The van der Waals surface area contributed by atoms with Crippen molar-refractivity contribution in [2.24, 2.45) is 0 Å². The van der Waals surface area contributed by atoms with E-state index in [0.29, 0.717) is 28.2 Å². The number of methoxy groups -OCH3 is 1. The fourth-order valence-corrected chi connectivity index (χ4v) is 3.01. The molecule has 0 aliphatic carbocycles. The molecule has 0 N–H and O–H groups in total. The highest BCUT2D eigenvalue weighted by Crippen LogP contribution is 2.34. The average Bonchev–Trinajstić information content (AvgIpc) is 3.27. The summed E-state index contributed by atoms with van der Waals surface area (Å²) in [4.78, 5) is 4.44. The zero-order chi connectivity index (χ0) is 19.0. The Hall–Kier alpha value is -2.99. The van der Waals surface area contributed by atoms with Crippen LogP contribution < -0.4 is 9.47 Å². The first-order valence-corrected chi connectivity index (χ1v) is 8.76. The molecule has 4 rings (SSSR count). The molecule has 0 aliphatic heterocycles. The molecule has 0 amide bonds. The molecule has 0 radical (unpaired) electrons. The van der Waals surface area contributed by atoms with E-state index in [2.05, 4.69) is 10.1 Å². The second kappa shape index (κ2) is 6.96. The zero-order valence-corrected chi connectivity index (χ0v) is 15.8. The Morgan fingerprint density at radius 2 is 1.96 bits per heavy atom. The predicted molar refractivity (Wildman–Crippen MR) is 101 cm³/mol. The average molecular weight is 385 g/mol. The fourth-order valence-electron chi connectivity index (χ4n) is 2.83. The van der Waals surface area contributed by atoms with E-state index in [0.717, 1.165) is 22.3 Å². The Morgan fingerprint density at radius 3 is 2.74 bits per heavy atom. The van der Waals surface area contributed by atoms with E-state index < -0.39 is 6.10 Å². The molecule has 0 bridgehead atoms. The SMILES string of the molecule is COc1ccc2oc(-c3noc([C@@H](C)Oc4cccc(Cl)c4)n3)c(C)c2c1. The molecule has 0 unspecified atom stereocenters. The van der Waals surface area contributed by atoms with Gasteiger partial charge in [-0.15, -0.1) is 0 Å². The van der Waals surface area contributed by atoms with Gasteiger partial charge in [0.25, 0.3) is 5.89 Å². The van der Waals surface area contributed by atoms with E-state index in [4.69, 9.17) is 30.0 Å². The van der Waals surface area contributed by atoms with E-state index in [-0.39, 0.29) is 0 Å². The molecule has 0 aliphatic rings. The van der Waals surface area contributed by atoms with Gasteiger partial charge >= 0.3 is 0 Å². The maximum atomic E-state index is 5.98. The minimum absolute atomic E-state index is 0.349. The number of hydrogen-bond acceptors (Lipinski definition) is 6. The largest absolute Gasteiger partial charge is 0.497 e. The number of aromatic nitrogens is 2. The molecule has 0 saturated carbocycles. The van der Waals surface area contributed by atoms with Gasteiger partial charge in [0.15, 0.2) is 11.9 Å². The Balaban J connectivity index is 1.62. The molecule has 0 saturated heterocycles.